The zero-order valence-electron chi connectivity index (χ0n) is 11.8. The zero-order chi connectivity index (χ0) is 15.5. The Balaban J connectivity index is 1.68. The van der Waals surface area contributed by atoms with E-state index in [-0.39, 0.29) is 10.6 Å². The third-order valence-electron chi connectivity index (χ3n) is 3.72. The number of benzene rings is 1. The first kappa shape index (κ1) is 15.0. The summed E-state index contributed by atoms with van der Waals surface area (Å²) in [6.45, 7) is 3.89. The summed E-state index contributed by atoms with van der Waals surface area (Å²) in [6.07, 6.45) is 1.57. The van der Waals surface area contributed by atoms with Crippen LogP contribution in [-0.2, 0) is 6.54 Å². The van der Waals surface area contributed by atoms with Crippen molar-refractivity contribution in [1.82, 2.24) is 10.1 Å². The average Bonchev–Trinajstić information content (AvgIpc) is 3.00. The molecule has 0 saturated carbocycles. The molecule has 0 atom stereocenters. The number of halogens is 1. The van der Waals surface area contributed by atoms with Crippen LogP contribution < -0.4 is 4.90 Å². The molecule has 1 aromatic carbocycles. The van der Waals surface area contributed by atoms with E-state index in [9.17, 15) is 10.1 Å². The van der Waals surface area contributed by atoms with E-state index in [1.165, 1.54) is 0 Å². The van der Waals surface area contributed by atoms with E-state index in [1.807, 2.05) is 12.1 Å². The SMILES string of the molecule is O=[N+]([O-])c1ccc(Br)cc1N1CCN(Cc2ccon2)CC1. The van der Waals surface area contributed by atoms with Crippen molar-refractivity contribution in [3.05, 3.63) is 50.8 Å². The molecule has 2 heterocycles. The maximum absolute atomic E-state index is 11.2. The van der Waals surface area contributed by atoms with Crippen LogP contribution >= 0.6 is 15.9 Å². The first-order chi connectivity index (χ1) is 10.6. The maximum atomic E-state index is 11.2. The molecule has 1 aliphatic rings. The molecular formula is C14H15BrN4O3. The molecule has 0 amide bonds. The highest BCUT2D eigenvalue weighted by atomic mass is 79.9. The van der Waals surface area contributed by atoms with Crippen molar-refractivity contribution in [1.29, 1.82) is 0 Å². The Bertz CT molecular complexity index is 654. The van der Waals surface area contributed by atoms with E-state index < -0.39 is 0 Å². The van der Waals surface area contributed by atoms with Crippen molar-refractivity contribution >= 4 is 27.3 Å². The molecule has 0 unspecified atom stereocenters. The highest BCUT2D eigenvalue weighted by Gasteiger charge is 2.24. The molecule has 7 nitrogen and oxygen atoms in total. The standard InChI is InChI=1S/C14H15BrN4O3/c15-11-1-2-13(19(20)21)14(9-11)18-6-4-17(5-7-18)10-12-3-8-22-16-12/h1-3,8-9H,4-7,10H2. The van der Waals surface area contributed by atoms with Crippen molar-refractivity contribution in [3.63, 3.8) is 0 Å². The molecular weight excluding hydrogens is 352 g/mol. The normalized spacial score (nSPS) is 16.0. The van der Waals surface area contributed by atoms with Crippen LogP contribution in [0.1, 0.15) is 5.69 Å². The lowest BCUT2D eigenvalue weighted by molar-refractivity contribution is -0.384. The molecule has 1 saturated heterocycles. The summed E-state index contributed by atoms with van der Waals surface area (Å²) in [5.41, 5.74) is 1.72. The number of anilines is 1. The summed E-state index contributed by atoms with van der Waals surface area (Å²) in [4.78, 5) is 15.2. The molecule has 8 heteroatoms. The molecule has 0 spiro atoms. The van der Waals surface area contributed by atoms with E-state index in [4.69, 9.17) is 4.52 Å². The molecule has 0 radical (unpaired) electrons. The van der Waals surface area contributed by atoms with E-state index in [1.54, 1.807) is 18.4 Å². The van der Waals surface area contributed by atoms with E-state index >= 15 is 0 Å². The van der Waals surface area contributed by atoms with Crippen molar-refractivity contribution in [2.45, 2.75) is 6.54 Å². The van der Waals surface area contributed by atoms with Gasteiger partial charge in [0.1, 0.15) is 12.0 Å². The van der Waals surface area contributed by atoms with E-state index in [2.05, 4.69) is 30.9 Å². The summed E-state index contributed by atoms with van der Waals surface area (Å²) >= 11 is 3.39. The number of nitro benzene ring substituents is 1. The predicted molar refractivity (Wildman–Crippen MR) is 84.8 cm³/mol. The van der Waals surface area contributed by atoms with Gasteiger partial charge in [-0.05, 0) is 12.1 Å². The van der Waals surface area contributed by atoms with Crippen molar-refractivity contribution in [2.75, 3.05) is 31.1 Å². The number of aromatic nitrogens is 1. The van der Waals surface area contributed by atoms with E-state index in [0.717, 1.165) is 42.9 Å². The lowest BCUT2D eigenvalue weighted by Gasteiger charge is -2.35. The summed E-state index contributed by atoms with van der Waals surface area (Å²) in [6, 6.07) is 6.90. The zero-order valence-corrected chi connectivity index (χ0v) is 13.4. The van der Waals surface area contributed by atoms with Crippen LogP contribution in [-0.4, -0.2) is 41.2 Å². The quantitative estimate of drug-likeness (QED) is 0.611. The van der Waals surface area contributed by atoms with Gasteiger partial charge in [0.25, 0.3) is 5.69 Å². The number of rotatable bonds is 4. The molecule has 1 aliphatic heterocycles. The van der Waals surface area contributed by atoms with Crippen LogP contribution in [0, 0.1) is 10.1 Å². The fourth-order valence-electron chi connectivity index (χ4n) is 2.60. The van der Waals surface area contributed by atoms with Gasteiger partial charge in [-0.1, -0.05) is 21.1 Å². The lowest BCUT2D eigenvalue weighted by atomic mass is 10.2. The van der Waals surface area contributed by atoms with Gasteiger partial charge < -0.3 is 9.42 Å². The van der Waals surface area contributed by atoms with Crippen LogP contribution in [0.25, 0.3) is 0 Å². The molecule has 0 N–H and O–H groups in total. The average molecular weight is 367 g/mol. The molecule has 0 bridgehead atoms. The van der Waals surface area contributed by atoms with Gasteiger partial charge in [-0.25, -0.2) is 0 Å². The minimum atomic E-state index is -0.330. The van der Waals surface area contributed by atoms with Gasteiger partial charge in [0.2, 0.25) is 0 Å². The van der Waals surface area contributed by atoms with Gasteiger partial charge in [-0.3, -0.25) is 15.0 Å². The Kier molecular flexibility index (Phi) is 4.39. The second-order valence-corrected chi connectivity index (χ2v) is 6.06. The highest BCUT2D eigenvalue weighted by molar-refractivity contribution is 9.10. The highest BCUT2D eigenvalue weighted by Crippen LogP contribution is 2.31. The van der Waals surface area contributed by atoms with Crippen molar-refractivity contribution in [3.8, 4) is 0 Å². The van der Waals surface area contributed by atoms with Crippen LogP contribution in [0.4, 0.5) is 11.4 Å². The molecule has 3 rings (SSSR count). The fraction of sp³-hybridized carbons (Fsp3) is 0.357. The van der Waals surface area contributed by atoms with Gasteiger partial charge in [0, 0.05) is 49.3 Å². The van der Waals surface area contributed by atoms with Crippen LogP contribution in [0.2, 0.25) is 0 Å². The van der Waals surface area contributed by atoms with Crippen molar-refractivity contribution in [2.24, 2.45) is 0 Å². The molecule has 22 heavy (non-hydrogen) atoms. The number of nitro groups is 1. The van der Waals surface area contributed by atoms with Gasteiger partial charge in [0.15, 0.2) is 0 Å². The van der Waals surface area contributed by atoms with Crippen LogP contribution in [0.5, 0.6) is 0 Å². The van der Waals surface area contributed by atoms with Crippen LogP contribution in [0.15, 0.2) is 39.5 Å². The largest absolute Gasteiger partial charge is 0.364 e. The lowest BCUT2D eigenvalue weighted by Crippen LogP contribution is -2.46. The van der Waals surface area contributed by atoms with Crippen molar-refractivity contribution < 1.29 is 9.45 Å². The summed E-state index contributed by atoms with van der Waals surface area (Å²) < 4.78 is 5.68. The molecule has 1 fully saturated rings. The monoisotopic (exact) mass is 366 g/mol. The third kappa shape index (κ3) is 3.28. The minimum Gasteiger partial charge on any atom is -0.364 e. The predicted octanol–water partition coefficient (Wildman–Crippen LogP) is 2.67. The number of hydrogen-bond acceptors (Lipinski definition) is 6. The topological polar surface area (TPSA) is 75.7 Å². The Morgan fingerprint density at radius 2 is 2.05 bits per heavy atom. The van der Waals surface area contributed by atoms with Gasteiger partial charge >= 0.3 is 0 Å². The first-order valence-corrected chi connectivity index (χ1v) is 7.73. The number of piperazine rings is 1. The van der Waals surface area contributed by atoms with Gasteiger partial charge in [0.05, 0.1) is 10.6 Å². The Morgan fingerprint density at radius 1 is 1.27 bits per heavy atom. The van der Waals surface area contributed by atoms with Crippen LogP contribution in [0.3, 0.4) is 0 Å². The summed E-state index contributed by atoms with van der Waals surface area (Å²) in [7, 11) is 0. The fourth-order valence-corrected chi connectivity index (χ4v) is 2.95. The minimum absolute atomic E-state index is 0.146. The number of hydrogen-bond donors (Lipinski definition) is 0. The smallest absolute Gasteiger partial charge is 0.292 e. The Hall–Kier alpha value is -1.93. The molecule has 1 aromatic heterocycles. The summed E-state index contributed by atoms with van der Waals surface area (Å²) in [5, 5.41) is 15.1. The Morgan fingerprint density at radius 3 is 2.68 bits per heavy atom. The molecule has 0 aliphatic carbocycles. The Labute approximate surface area is 135 Å². The maximum Gasteiger partial charge on any atom is 0.292 e. The second-order valence-electron chi connectivity index (χ2n) is 5.14. The third-order valence-corrected chi connectivity index (χ3v) is 4.22. The van der Waals surface area contributed by atoms with Gasteiger partial charge in [-0.2, -0.15) is 0 Å². The molecule has 116 valence electrons. The second kappa shape index (κ2) is 6.45. The molecule has 2 aromatic rings. The first-order valence-electron chi connectivity index (χ1n) is 6.94. The van der Waals surface area contributed by atoms with Gasteiger partial charge in [-0.15, -0.1) is 0 Å². The number of nitrogens with zero attached hydrogens (tertiary/aromatic N) is 4. The summed E-state index contributed by atoms with van der Waals surface area (Å²) in [5.74, 6) is 0. The van der Waals surface area contributed by atoms with E-state index in [0.29, 0.717) is 5.69 Å².